The lowest BCUT2D eigenvalue weighted by Gasteiger charge is -2.17. The second kappa shape index (κ2) is 6.62. The van der Waals surface area contributed by atoms with Gasteiger partial charge in [0.25, 0.3) is 0 Å². The number of rotatable bonds is 5. The smallest absolute Gasteiger partial charge is 0.149 e. The Morgan fingerprint density at radius 3 is 2.83 bits per heavy atom. The Morgan fingerprint density at radius 1 is 1.26 bits per heavy atom. The molecule has 0 radical (unpaired) electrons. The van der Waals surface area contributed by atoms with Crippen molar-refractivity contribution in [2.24, 2.45) is 0 Å². The normalized spacial score (nSPS) is 12.1. The van der Waals surface area contributed by atoms with Crippen LogP contribution in [0, 0.1) is 5.82 Å². The Kier molecular flexibility index (Phi) is 4.39. The van der Waals surface area contributed by atoms with Gasteiger partial charge in [-0.1, -0.05) is 24.3 Å². The molecule has 0 saturated carbocycles. The van der Waals surface area contributed by atoms with Crippen LogP contribution in [-0.4, -0.2) is 14.7 Å². The number of hydrogen-bond donors (Lipinski definition) is 2. The van der Waals surface area contributed by atoms with Crippen LogP contribution >= 0.6 is 0 Å². The molecule has 0 aliphatic heterocycles. The first-order valence-electron chi connectivity index (χ1n) is 7.41. The van der Waals surface area contributed by atoms with E-state index < -0.39 is 0 Å². The predicted octanol–water partition coefficient (Wildman–Crippen LogP) is 3.68. The standard InChI is InChI=1S/C18H18FN3O/c1-13(15-4-2-3-14(9-15)11-23)21-16-5-6-18(17(19)10-16)22-8-7-20-12-22/h2-10,12-13,21,23H,11H2,1H3. The Labute approximate surface area is 134 Å². The fourth-order valence-electron chi connectivity index (χ4n) is 2.50. The summed E-state index contributed by atoms with van der Waals surface area (Å²) in [4.78, 5) is 3.93. The number of aliphatic hydroxyl groups is 1. The molecular weight excluding hydrogens is 293 g/mol. The maximum atomic E-state index is 14.3. The summed E-state index contributed by atoms with van der Waals surface area (Å²) in [6.07, 6.45) is 4.88. The third-order valence-corrected chi connectivity index (χ3v) is 3.75. The van der Waals surface area contributed by atoms with Crippen molar-refractivity contribution in [2.45, 2.75) is 19.6 Å². The van der Waals surface area contributed by atoms with Gasteiger partial charge in [0, 0.05) is 24.1 Å². The number of imidazole rings is 1. The number of nitrogens with one attached hydrogen (secondary N) is 1. The number of aromatic nitrogens is 2. The topological polar surface area (TPSA) is 50.1 Å². The second-order valence-corrected chi connectivity index (χ2v) is 5.41. The van der Waals surface area contributed by atoms with Gasteiger partial charge in [0.1, 0.15) is 5.82 Å². The van der Waals surface area contributed by atoms with Crippen molar-refractivity contribution in [3.8, 4) is 5.69 Å². The van der Waals surface area contributed by atoms with Gasteiger partial charge in [-0.2, -0.15) is 0 Å². The summed E-state index contributed by atoms with van der Waals surface area (Å²) in [5.74, 6) is -0.315. The minimum atomic E-state index is -0.315. The molecule has 0 saturated heterocycles. The minimum absolute atomic E-state index is 0.00000462. The summed E-state index contributed by atoms with van der Waals surface area (Å²) >= 11 is 0. The number of nitrogens with zero attached hydrogens (tertiary/aromatic N) is 2. The van der Waals surface area contributed by atoms with Crippen molar-refractivity contribution in [1.82, 2.24) is 9.55 Å². The minimum Gasteiger partial charge on any atom is -0.392 e. The van der Waals surface area contributed by atoms with E-state index in [0.717, 1.165) is 11.1 Å². The maximum Gasteiger partial charge on any atom is 0.149 e. The van der Waals surface area contributed by atoms with Crippen LogP contribution in [0.15, 0.2) is 61.2 Å². The molecule has 3 rings (SSSR count). The summed E-state index contributed by atoms with van der Waals surface area (Å²) < 4.78 is 15.9. The summed E-state index contributed by atoms with van der Waals surface area (Å²) in [5.41, 5.74) is 3.06. The highest BCUT2D eigenvalue weighted by atomic mass is 19.1. The van der Waals surface area contributed by atoms with Crippen LogP contribution in [0.2, 0.25) is 0 Å². The fraction of sp³-hybridized carbons (Fsp3) is 0.167. The molecule has 0 fully saturated rings. The summed E-state index contributed by atoms with van der Waals surface area (Å²) in [7, 11) is 0. The van der Waals surface area contributed by atoms with Crippen molar-refractivity contribution >= 4 is 5.69 Å². The van der Waals surface area contributed by atoms with Gasteiger partial charge in [-0.15, -0.1) is 0 Å². The van der Waals surface area contributed by atoms with Crippen molar-refractivity contribution < 1.29 is 9.50 Å². The van der Waals surface area contributed by atoms with Gasteiger partial charge in [0.05, 0.1) is 18.6 Å². The number of anilines is 1. The SMILES string of the molecule is CC(Nc1ccc(-n2ccnc2)c(F)c1)c1cccc(CO)c1. The molecule has 118 valence electrons. The fourth-order valence-corrected chi connectivity index (χ4v) is 2.50. The van der Waals surface area contributed by atoms with Gasteiger partial charge in [-0.3, -0.25) is 0 Å². The molecule has 3 aromatic rings. The average Bonchev–Trinajstić information content (AvgIpc) is 3.09. The molecule has 5 heteroatoms. The molecule has 2 N–H and O–H groups in total. The highest BCUT2D eigenvalue weighted by Crippen LogP contribution is 2.23. The predicted molar refractivity (Wildman–Crippen MR) is 87.9 cm³/mol. The first kappa shape index (κ1) is 15.2. The zero-order chi connectivity index (χ0) is 16.2. The van der Waals surface area contributed by atoms with Gasteiger partial charge in [-0.05, 0) is 36.2 Å². The lowest BCUT2D eigenvalue weighted by molar-refractivity contribution is 0.281. The Bertz CT molecular complexity index is 787. The van der Waals surface area contributed by atoms with Crippen molar-refractivity contribution in [1.29, 1.82) is 0 Å². The molecule has 2 aromatic carbocycles. The second-order valence-electron chi connectivity index (χ2n) is 5.41. The molecule has 1 heterocycles. The Morgan fingerprint density at radius 2 is 2.13 bits per heavy atom. The van der Waals surface area contributed by atoms with Crippen LogP contribution in [-0.2, 0) is 6.61 Å². The van der Waals surface area contributed by atoms with Crippen LogP contribution in [0.1, 0.15) is 24.1 Å². The van der Waals surface area contributed by atoms with E-state index in [2.05, 4.69) is 10.3 Å². The van der Waals surface area contributed by atoms with Gasteiger partial charge in [-0.25, -0.2) is 9.37 Å². The molecule has 1 atom stereocenters. The van der Waals surface area contributed by atoms with Crippen molar-refractivity contribution in [3.63, 3.8) is 0 Å². The van der Waals surface area contributed by atoms with E-state index in [1.165, 1.54) is 6.07 Å². The monoisotopic (exact) mass is 311 g/mol. The third-order valence-electron chi connectivity index (χ3n) is 3.75. The molecule has 0 bridgehead atoms. The van der Waals surface area contributed by atoms with Crippen molar-refractivity contribution in [3.05, 3.63) is 78.1 Å². The lowest BCUT2D eigenvalue weighted by Crippen LogP contribution is -2.07. The molecular formula is C18H18FN3O. The molecule has 0 aliphatic carbocycles. The van der Waals surface area contributed by atoms with Crippen LogP contribution in [0.25, 0.3) is 5.69 Å². The highest BCUT2D eigenvalue weighted by Gasteiger charge is 2.09. The van der Waals surface area contributed by atoms with Gasteiger partial charge < -0.3 is 15.0 Å². The molecule has 23 heavy (non-hydrogen) atoms. The average molecular weight is 311 g/mol. The van der Waals surface area contributed by atoms with Crippen LogP contribution in [0.4, 0.5) is 10.1 Å². The molecule has 0 aliphatic rings. The number of halogens is 1. The zero-order valence-electron chi connectivity index (χ0n) is 12.8. The largest absolute Gasteiger partial charge is 0.392 e. The quantitative estimate of drug-likeness (QED) is 0.756. The van der Waals surface area contributed by atoms with E-state index in [1.807, 2.05) is 37.3 Å². The van der Waals surface area contributed by atoms with E-state index >= 15 is 0 Å². The lowest BCUT2D eigenvalue weighted by atomic mass is 10.1. The molecule has 1 unspecified atom stereocenters. The van der Waals surface area contributed by atoms with Gasteiger partial charge >= 0.3 is 0 Å². The van der Waals surface area contributed by atoms with E-state index in [-0.39, 0.29) is 18.5 Å². The highest BCUT2D eigenvalue weighted by molar-refractivity contribution is 5.51. The van der Waals surface area contributed by atoms with E-state index in [4.69, 9.17) is 0 Å². The summed E-state index contributed by atoms with van der Waals surface area (Å²) in [5, 5.41) is 12.5. The maximum absolute atomic E-state index is 14.3. The third kappa shape index (κ3) is 3.40. The van der Waals surface area contributed by atoms with Crippen LogP contribution in [0.3, 0.4) is 0 Å². The van der Waals surface area contributed by atoms with Gasteiger partial charge in [0.15, 0.2) is 0 Å². The zero-order valence-corrected chi connectivity index (χ0v) is 12.8. The molecule has 4 nitrogen and oxygen atoms in total. The molecule has 0 amide bonds. The van der Waals surface area contributed by atoms with Crippen molar-refractivity contribution in [2.75, 3.05) is 5.32 Å². The van der Waals surface area contributed by atoms with Crippen LogP contribution < -0.4 is 5.32 Å². The van der Waals surface area contributed by atoms with E-state index in [9.17, 15) is 9.50 Å². The number of benzene rings is 2. The van der Waals surface area contributed by atoms with E-state index in [1.54, 1.807) is 29.4 Å². The molecule has 0 spiro atoms. The first-order chi connectivity index (χ1) is 11.2. The Balaban J connectivity index is 1.78. The number of hydrogen-bond acceptors (Lipinski definition) is 3. The Hall–Kier alpha value is -2.66. The summed E-state index contributed by atoms with van der Waals surface area (Å²) in [6, 6.07) is 12.7. The van der Waals surface area contributed by atoms with E-state index in [0.29, 0.717) is 11.4 Å². The van der Waals surface area contributed by atoms with Gasteiger partial charge in [0.2, 0.25) is 0 Å². The first-order valence-corrected chi connectivity index (χ1v) is 7.41. The number of aliphatic hydroxyl groups excluding tert-OH is 1. The van der Waals surface area contributed by atoms with Crippen LogP contribution in [0.5, 0.6) is 0 Å². The summed E-state index contributed by atoms with van der Waals surface area (Å²) in [6.45, 7) is 2.01. The molecule has 1 aromatic heterocycles.